The highest BCUT2D eigenvalue weighted by atomic mass is 16.3. The largest absolute Gasteiger partial charge is 0.393 e. The number of fused-ring (bicyclic) bond motifs is 5. The van der Waals surface area contributed by atoms with Crippen molar-refractivity contribution in [1.29, 1.82) is 0 Å². The molecule has 152 valence electrons. The van der Waals surface area contributed by atoms with Crippen LogP contribution in [0.3, 0.4) is 0 Å². The number of carbonyl (C=O) groups is 1. The summed E-state index contributed by atoms with van der Waals surface area (Å²) in [6.07, 6.45) is 14.4. The van der Waals surface area contributed by atoms with E-state index in [1.807, 2.05) is 19.4 Å². The Morgan fingerprint density at radius 2 is 1.93 bits per heavy atom. The van der Waals surface area contributed by atoms with Gasteiger partial charge in [-0.05, 0) is 91.1 Å². The van der Waals surface area contributed by atoms with E-state index in [-0.39, 0.29) is 16.9 Å². The van der Waals surface area contributed by atoms with E-state index in [4.69, 9.17) is 0 Å². The summed E-state index contributed by atoms with van der Waals surface area (Å²) in [5.41, 5.74) is 2.39. The molecule has 0 spiro atoms. The Hall–Kier alpha value is -1.42. The number of aliphatic hydroxyl groups excluding tert-OH is 1. The fraction of sp³-hybridized carbons (Fsp3) is 0.750. The predicted octanol–water partition coefficient (Wildman–Crippen LogP) is 4.39. The number of rotatable bonds is 1. The molecule has 4 nitrogen and oxygen atoms in total. The van der Waals surface area contributed by atoms with Gasteiger partial charge in [-0.25, -0.2) is 0 Å². The molecule has 1 heterocycles. The molecule has 5 rings (SSSR count). The number of aliphatic hydroxyl groups is 1. The fourth-order valence-corrected chi connectivity index (χ4v) is 7.83. The molecule has 7 atom stereocenters. The van der Waals surface area contributed by atoms with Crippen molar-refractivity contribution in [2.24, 2.45) is 41.5 Å². The second-order valence-electron chi connectivity index (χ2n) is 10.7. The van der Waals surface area contributed by atoms with Gasteiger partial charge >= 0.3 is 0 Å². The molecular formula is C24H34N2O2. The van der Waals surface area contributed by atoms with Gasteiger partial charge in [0.15, 0.2) is 5.78 Å². The summed E-state index contributed by atoms with van der Waals surface area (Å²) in [5.74, 6) is 2.97. The van der Waals surface area contributed by atoms with Gasteiger partial charge in [0.2, 0.25) is 0 Å². The van der Waals surface area contributed by atoms with Gasteiger partial charge in [0.25, 0.3) is 0 Å². The van der Waals surface area contributed by atoms with Crippen molar-refractivity contribution in [2.75, 3.05) is 0 Å². The summed E-state index contributed by atoms with van der Waals surface area (Å²) in [7, 11) is 1.92. The SMILES string of the molecule is Cn1cc(/C=C2\C[C@@]3(C)[C@@H](CC[C@H]4[C@H]3CC[C@]3(C)[C@@H]4CC[C@@H]3O)CC2=O)cn1. The molecule has 0 aromatic carbocycles. The maximum atomic E-state index is 12.9. The Morgan fingerprint density at radius 3 is 2.68 bits per heavy atom. The Labute approximate surface area is 168 Å². The second-order valence-corrected chi connectivity index (χ2v) is 10.7. The van der Waals surface area contributed by atoms with Gasteiger partial charge in [-0.2, -0.15) is 5.10 Å². The molecule has 1 aromatic rings. The monoisotopic (exact) mass is 382 g/mol. The zero-order valence-electron chi connectivity index (χ0n) is 17.5. The van der Waals surface area contributed by atoms with Crippen molar-refractivity contribution in [3.63, 3.8) is 0 Å². The first-order chi connectivity index (χ1) is 13.3. The number of allylic oxidation sites excluding steroid dienone is 1. The minimum Gasteiger partial charge on any atom is -0.393 e. The van der Waals surface area contributed by atoms with Gasteiger partial charge < -0.3 is 5.11 Å². The van der Waals surface area contributed by atoms with Crippen molar-refractivity contribution in [2.45, 2.75) is 71.3 Å². The molecule has 0 amide bonds. The van der Waals surface area contributed by atoms with Crippen molar-refractivity contribution in [3.8, 4) is 0 Å². The van der Waals surface area contributed by atoms with Crippen molar-refractivity contribution >= 4 is 11.9 Å². The molecule has 0 radical (unpaired) electrons. The molecule has 4 heteroatoms. The van der Waals surface area contributed by atoms with E-state index in [0.717, 1.165) is 42.7 Å². The average Bonchev–Trinajstić information content (AvgIpc) is 3.19. The molecule has 1 N–H and O–H groups in total. The molecule has 4 aliphatic rings. The van der Waals surface area contributed by atoms with E-state index in [1.165, 1.54) is 25.7 Å². The van der Waals surface area contributed by atoms with Crippen LogP contribution in [0.15, 0.2) is 18.0 Å². The van der Waals surface area contributed by atoms with Gasteiger partial charge in [-0.15, -0.1) is 0 Å². The summed E-state index contributed by atoms with van der Waals surface area (Å²) in [5, 5.41) is 14.9. The third-order valence-corrected chi connectivity index (χ3v) is 9.44. The van der Waals surface area contributed by atoms with Crippen LogP contribution in [0.25, 0.3) is 6.08 Å². The van der Waals surface area contributed by atoms with Crippen molar-refractivity contribution < 1.29 is 9.90 Å². The summed E-state index contributed by atoms with van der Waals surface area (Å²) in [6.45, 7) is 4.82. The number of hydrogen-bond donors (Lipinski definition) is 1. The maximum absolute atomic E-state index is 12.9. The Kier molecular flexibility index (Phi) is 4.18. The summed E-state index contributed by atoms with van der Waals surface area (Å²) >= 11 is 0. The van der Waals surface area contributed by atoms with E-state index in [0.29, 0.717) is 23.5 Å². The van der Waals surface area contributed by atoms with E-state index >= 15 is 0 Å². The molecule has 0 bridgehead atoms. The number of Topliss-reactive ketones (excluding diaryl/α,β-unsaturated/α-hetero) is 1. The first-order valence-corrected chi connectivity index (χ1v) is 11.2. The lowest BCUT2D eigenvalue weighted by Crippen LogP contribution is -2.54. The summed E-state index contributed by atoms with van der Waals surface area (Å²) < 4.78 is 1.80. The van der Waals surface area contributed by atoms with Crippen LogP contribution in [0.5, 0.6) is 0 Å². The lowest BCUT2D eigenvalue weighted by atomic mass is 9.45. The zero-order valence-corrected chi connectivity index (χ0v) is 17.5. The molecule has 4 aliphatic carbocycles. The van der Waals surface area contributed by atoms with Crippen LogP contribution in [0.1, 0.15) is 70.8 Å². The van der Waals surface area contributed by atoms with Crippen LogP contribution < -0.4 is 0 Å². The second kappa shape index (κ2) is 6.29. The predicted molar refractivity (Wildman–Crippen MR) is 109 cm³/mol. The van der Waals surface area contributed by atoms with E-state index in [9.17, 15) is 9.90 Å². The van der Waals surface area contributed by atoms with E-state index in [1.54, 1.807) is 4.68 Å². The fourth-order valence-electron chi connectivity index (χ4n) is 7.83. The van der Waals surface area contributed by atoms with Gasteiger partial charge in [0, 0.05) is 25.2 Å². The minimum atomic E-state index is -0.113. The van der Waals surface area contributed by atoms with Gasteiger partial charge in [-0.3, -0.25) is 9.48 Å². The molecule has 0 aliphatic heterocycles. The lowest BCUT2D eigenvalue weighted by molar-refractivity contribution is -0.134. The molecule has 1 aromatic heterocycles. The van der Waals surface area contributed by atoms with Gasteiger partial charge in [0.05, 0.1) is 12.3 Å². The standard InChI is InChI=1S/C24H34N2O2/c1-23-9-8-20-18(19(23)6-7-22(23)28)5-4-17-11-21(27)16(12-24(17,20)2)10-15-13-25-26(3)14-15/h10,13-14,17-20,22,28H,4-9,11-12H2,1-3H3/b16-10+/t17-,18+,19+,20+,22-,23+,24-/m0/s1. The number of carbonyl (C=O) groups excluding carboxylic acids is 1. The number of ketones is 1. The van der Waals surface area contributed by atoms with Crippen LogP contribution in [0, 0.1) is 34.5 Å². The van der Waals surface area contributed by atoms with Gasteiger partial charge in [-0.1, -0.05) is 13.8 Å². The Balaban J connectivity index is 1.46. The van der Waals surface area contributed by atoms with E-state index in [2.05, 4.69) is 25.0 Å². The van der Waals surface area contributed by atoms with Crippen molar-refractivity contribution in [1.82, 2.24) is 9.78 Å². The van der Waals surface area contributed by atoms with E-state index < -0.39 is 0 Å². The number of aromatic nitrogens is 2. The smallest absolute Gasteiger partial charge is 0.159 e. The molecule has 0 unspecified atom stereocenters. The quantitative estimate of drug-likeness (QED) is 0.733. The Morgan fingerprint density at radius 1 is 1.14 bits per heavy atom. The topological polar surface area (TPSA) is 55.1 Å². The molecule has 0 saturated heterocycles. The number of hydrogen-bond acceptors (Lipinski definition) is 3. The summed E-state index contributed by atoms with van der Waals surface area (Å²) in [4.78, 5) is 12.9. The number of aryl methyl sites for hydroxylation is 1. The Bertz CT molecular complexity index is 826. The third kappa shape index (κ3) is 2.59. The summed E-state index contributed by atoms with van der Waals surface area (Å²) in [6, 6.07) is 0. The first kappa shape index (κ1) is 18.6. The van der Waals surface area contributed by atoms with Crippen LogP contribution in [0.4, 0.5) is 0 Å². The highest BCUT2D eigenvalue weighted by Gasteiger charge is 2.60. The molecular weight excluding hydrogens is 348 g/mol. The van der Waals surface area contributed by atoms with Crippen LogP contribution in [-0.4, -0.2) is 26.8 Å². The molecule has 28 heavy (non-hydrogen) atoms. The molecule has 4 saturated carbocycles. The van der Waals surface area contributed by atoms with Crippen molar-refractivity contribution in [3.05, 3.63) is 23.5 Å². The zero-order chi connectivity index (χ0) is 19.7. The normalized spacial score (nSPS) is 46.9. The maximum Gasteiger partial charge on any atom is 0.159 e. The highest BCUT2D eigenvalue weighted by Crippen LogP contribution is 2.66. The first-order valence-electron chi connectivity index (χ1n) is 11.2. The average molecular weight is 383 g/mol. The minimum absolute atomic E-state index is 0.113. The van der Waals surface area contributed by atoms with Crippen LogP contribution in [0.2, 0.25) is 0 Å². The number of nitrogens with zero attached hydrogens (tertiary/aromatic N) is 2. The lowest BCUT2D eigenvalue weighted by Gasteiger charge is -2.60. The highest BCUT2D eigenvalue weighted by molar-refractivity contribution is 6.00. The molecule has 4 fully saturated rings. The third-order valence-electron chi connectivity index (χ3n) is 9.44. The van der Waals surface area contributed by atoms with Gasteiger partial charge in [0.1, 0.15) is 0 Å². The van der Waals surface area contributed by atoms with Crippen LogP contribution in [-0.2, 0) is 11.8 Å². The van der Waals surface area contributed by atoms with Crippen LogP contribution >= 0.6 is 0 Å².